The molecule has 2 heterocycles. The first-order valence-electron chi connectivity index (χ1n) is 7.83. The number of nitrogens with zero attached hydrogens (tertiary/aromatic N) is 2. The van der Waals surface area contributed by atoms with Gasteiger partial charge in [-0.25, -0.2) is 0 Å². The van der Waals surface area contributed by atoms with Gasteiger partial charge in [0, 0.05) is 17.5 Å². The number of nitrogens with one attached hydrogen (secondary N) is 1. The van der Waals surface area contributed by atoms with Crippen LogP contribution in [0, 0.1) is 0 Å². The van der Waals surface area contributed by atoms with Crippen molar-refractivity contribution in [1.82, 2.24) is 15.1 Å². The van der Waals surface area contributed by atoms with E-state index in [4.69, 9.17) is 5.73 Å². The number of amides is 1. The Morgan fingerprint density at radius 1 is 1.22 bits per heavy atom. The largest absolute Gasteiger partial charge is 0.382 e. The first-order valence-corrected chi connectivity index (χ1v) is 7.83. The number of anilines is 1. The Morgan fingerprint density at radius 2 is 2.04 bits per heavy atom. The molecule has 23 heavy (non-hydrogen) atoms. The predicted octanol–water partition coefficient (Wildman–Crippen LogP) is 3.12. The molecule has 0 spiro atoms. The maximum Gasteiger partial charge on any atom is 0.254 e. The third-order valence-corrected chi connectivity index (χ3v) is 4.54. The van der Waals surface area contributed by atoms with Crippen molar-refractivity contribution in [2.75, 3.05) is 12.3 Å². The van der Waals surface area contributed by atoms with E-state index < -0.39 is 0 Å². The van der Waals surface area contributed by atoms with Gasteiger partial charge in [-0.05, 0) is 36.6 Å². The van der Waals surface area contributed by atoms with Crippen molar-refractivity contribution in [1.29, 1.82) is 0 Å². The number of carbonyl (C=O) groups is 1. The molecule has 0 bridgehead atoms. The van der Waals surface area contributed by atoms with Crippen molar-refractivity contribution in [2.45, 2.75) is 18.9 Å². The van der Waals surface area contributed by atoms with Crippen LogP contribution in [-0.4, -0.2) is 27.5 Å². The highest BCUT2D eigenvalue weighted by atomic mass is 16.2. The average Bonchev–Trinajstić information content (AvgIpc) is 3.22. The van der Waals surface area contributed by atoms with E-state index in [9.17, 15) is 4.79 Å². The lowest BCUT2D eigenvalue weighted by molar-refractivity contribution is 0.0736. The Kier molecular flexibility index (Phi) is 3.26. The van der Waals surface area contributed by atoms with Gasteiger partial charge < -0.3 is 10.6 Å². The van der Waals surface area contributed by atoms with Gasteiger partial charge in [-0.1, -0.05) is 30.3 Å². The Morgan fingerprint density at radius 3 is 2.87 bits per heavy atom. The summed E-state index contributed by atoms with van der Waals surface area (Å²) in [6.45, 7) is 0.789. The molecule has 0 radical (unpaired) electrons. The lowest BCUT2D eigenvalue weighted by atomic mass is 10.0. The molecule has 5 heteroatoms. The van der Waals surface area contributed by atoms with Crippen molar-refractivity contribution in [3.05, 3.63) is 59.7 Å². The number of hydrogen-bond donors (Lipinski definition) is 2. The van der Waals surface area contributed by atoms with E-state index in [-0.39, 0.29) is 11.9 Å². The number of likely N-dealkylation sites (tertiary alicyclic amines) is 1. The van der Waals surface area contributed by atoms with Crippen molar-refractivity contribution in [2.24, 2.45) is 0 Å². The number of aromatic amines is 1. The Hall–Kier alpha value is -2.82. The summed E-state index contributed by atoms with van der Waals surface area (Å²) in [6, 6.07) is 15.9. The minimum Gasteiger partial charge on any atom is -0.382 e. The quantitative estimate of drug-likeness (QED) is 0.764. The molecule has 4 rings (SSSR count). The molecule has 2 aromatic carbocycles. The smallest absolute Gasteiger partial charge is 0.254 e. The molecule has 5 nitrogen and oxygen atoms in total. The normalized spacial score (nSPS) is 17.7. The van der Waals surface area contributed by atoms with E-state index in [1.54, 1.807) is 0 Å². The second-order valence-corrected chi connectivity index (χ2v) is 5.94. The fourth-order valence-corrected chi connectivity index (χ4v) is 3.36. The van der Waals surface area contributed by atoms with Crippen LogP contribution in [0.1, 0.15) is 34.8 Å². The SMILES string of the molecule is Nc1n[nH]c2ccc(C(=O)N3CCC[C@H]3c3ccccc3)cc12. The number of H-pyrrole nitrogens is 1. The number of aromatic nitrogens is 2. The molecular weight excluding hydrogens is 288 g/mol. The number of benzene rings is 2. The van der Waals surface area contributed by atoms with Crippen LogP contribution in [0.2, 0.25) is 0 Å². The van der Waals surface area contributed by atoms with Crippen LogP contribution >= 0.6 is 0 Å². The summed E-state index contributed by atoms with van der Waals surface area (Å²) in [5, 5.41) is 7.64. The molecular formula is C18H18N4O. The molecule has 0 saturated carbocycles. The van der Waals surface area contributed by atoms with E-state index in [0.29, 0.717) is 11.4 Å². The number of fused-ring (bicyclic) bond motifs is 1. The number of nitrogens with two attached hydrogens (primary N) is 1. The third kappa shape index (κ3) is 2.34. The summed E-state index contributed by atoms with van der Waals surface area (Å²) >= 11 is 0. The van der Waals surface area contributed by atoms with Crippen molar-refractivity contribution in [3.8, 4) is 0 Å². The summed E-state index contributed by atoms with van der Waals surface area (Å²) < 4.78 is 0. The Bertz CT molecular complexity index is 856. The van der Waals surface area contributed by atoms with E-state index in [0.717, 1.165) is 30.3 Å². The second-order valence-electron chi connectivity index (χ2n) is 5.94. The van der Waals surface area contributed by atoms with Gasteiger partial charge in [-0.15, -0.1) is 0 Å². The average molecular weight is 306 g/mol. The van der Waals surface area contributed by atoms with E-state index in [1.165, 1.54) is 5.56 Å². The van der Waals surface area contributed by atoms with Crippen LogP contribution in [0.15, 0.2) is 48.5 Å². The monoisotopic (exact) mass is 306 g/mol. The first-order chi connectivity index (χ1) is 11.2. The highest BCUT2D eigenvalue weighted by molar-refractivity contribution is 6.00. The van der Waals surface area contributed by atoms with Crippen molar-refractivity contribution < 1.29 is 4.79 Å². The minimum absolute atomic E-state index is 0.0545. The number of hydrogen-bond acceptors (Lipinski definition) is 3. The molecule has 3 aromatic rings. The summed E-state index contributed by atoms with van der Waals surface area (Å²) in [5.74, 6) is 0.481. The van der Waals surface area contributed by atoms with Gasteiger partial charge in [-0.3, -0.25) is 9.89 Å². The molecule has 1 aliphatic rings. The zero-order chi connectivity index (χ0) is 15.8. The second kappa shape index (κ2) is 5.43. The Labute approximate surface area is 134 Å². The molecule has 1 fully saturated rings. The standard InChI is InChI=1S/C18H18N4O/c19-17-14-11-13(8-9-15(14)20-21-17)18(23)22-10-4-7-16(22)12-5-2-1-3-6-12/h1-3,5-6,8-9,11,16H,4,7,10H2,(H3,19,20,21)/t16-/m0/s1. The van der Waals surface area contributed by atoms with Gasteiger partial charge >= 0.3 is 0 Å². The molecule has 1 atom stereocenters. The van der Waals surface area contributed by atoms with Crippen molar-refractivity contribution >= 4 is 22.6 Å². The maximum atomic E-state index is 13.0. The topological polar surface area (TPSA) is 75.0 Å². The molecule has 1 aliphatic heterocycles. The first kappa shape index (κ1) is 13.8. The van der Waals surface area contributed by atoms with E-state index in [1.807, 2.05) is 41.3 Å². The lowest BCUT2D eigenvalue weighted by Crippen LogP contribution is -2.30. The molecule has 0 aliphatic carbocycles. The summed E-state index contributed by atoms with van der Waals surface area (Å²) in [4.78, 5) is 14.9. The molecule has 0 unspecified atom stereocenters. The fourth-order valence-electron chi connectivity index (χ4n) is 3.36. The lowest BCUT2D eigenvalue weighted by Gasteiger charge is -2.25. The van der Waals surface area contributed by atoms with Crippen LogP contribution in [0.3, 0.4) is 0 Å². The van der Waals surface area contributed by atoms with E-state index in [2.05, 4.69) is 22.3 Å². The molecule has 116 valence electrons. The minimum atomic E-state index is 0.0545. The van der Waals surface area contributed by atoms with Crippen LogP contribution in [-0.2, 0) is 0 Å². The van der Waals surface area contributed by atoms with Crippen LogP contribution in [0.4, 0.5) is 5.82 Å². The van der Waals surface area contributed by atoms with Gasteiger partial charge in [0.05, 0.1) is 11.6 Å². The van der Waals surface area contributed by atoms with Gasteiger partial charge in [0.2, 0.25) is 0 Å². The van der Waals surface area contributed by atoms with Crippen molar-refractivity contribution in [3.63, 3.8) is 0 Å². The van der Waals surface area contributed by atoms with Gasteiger partial charge in [0.15, 0.2) is 5.82 Å². The number of carbonyl (C=O) groups excluding carboxylic acids is 1. The highest BCUT2D eigenvalue weighted by Gasteiger charge is 2.30. The molecule has 1 aromatic heterocycles. The number of nitrogen functional groups attached to an aromatic ring is 1. The van der Waals surface area contributed by atoms with E-state index >= 15 is 0 Å². The highest BCUT2D eigenvalue weighted by Crippen LogP contribution is 2.33. The van der Waals surface area contributed by atoms with Crippen LogP contribution < -0.4 is 5.73 Å². The zero-order valence-electron chi connectivity index (χ0n) is 12.7. The third-order valence-electron chi connectivity index (χ3n) is 4.54. The zero-order valence-corrected chi connectivity index (χ0v) is 12.7. The summed E-state index contributed by atoms with van der Waals surface area (Å²) in [6.07, 6.45) is 2.03. The molecule has 1 amide bonds. The van der Waals surface area contributed by atoms with Crippen LogP contribution in [0.25, 0.3) is 10.9 Å². The van der Waals surface area contributed by atoms with Crippen LogP contribution in [0.5, 0.6) is 0 Å². The fraction of sp³-hybridized carbons (Fsp3) is 0.222. The van der Waals surface area contributed by atoms with Gasteiger partial charge in [0.25, 0.3) is 5.91 Å². The van der Waals surface area contributed by atoms with Gasteiger partial charge in [-0.2, -0.15) is 5.10 Å². The van der Waals surface area contributed by atoms with Gasteiger partial charge in [0.1, 0.15) is 0 Å². The Balaban J connectivity index is 1.68. The number of rotatable bonds is 2. The summed E-state index contributed by atoms with van der Waals surface area (Å²) in [7, 11) is 0. The molecule has 1 saturated heterocycles. The maximum absolute atomic E-state index is 13.0. The summed E-state index contributed by atoms with van der Waals surface area (Å²) in [5.41, 5.74) is 8.55. The predicted molar refractivity (Wildman–Crippen MR) is 90.0 cm³/mol. The molecule has 3 N–H and O–H groups in total.